The molecular formula is C20H24ClFN4O. The highest BCUT2D eigenvalue weighted by Crippen LogP contribution is 2.11. The van der Waals surface area contributed by atoms with Gasteiger partial charge in [0.2, 0.25) is 5.91 Å². The van der Waals surface area contributed by atoms with Crippen molar-refractivity contribution in [2.45, 2.75) is 19.9 Å². The molecular weight excluding hydrogens is 367 g/mol. The van der Waals surface area contributed by atoms with E-state index < -0.39 is 0 Å². The van der Waals surface area contributed by atoms with Crippen LogP contribution >= 0.6 is 11.6 Å². The Morgan fingerprint density at radius 2 is 1.78 bits per heavy atom. The van der Waals surface area contributed by atoms with Gasteiger partial charge >= 0.3 is 0 Å². The minimum absolute atomic E-state index is 0.150. The van der Waals surface area contributed by atoms with Crippen LogP contribution < -0.4 is 16.0 Å². The van der Waals surface area contributed by atoms with Gasteiger partial charge in [0.25, 0.3) is 0 Å². The molecule has 2 rings (SSSR count). The first-order valence-corrected chi connectivity index (χ1v) is 9.22. The number of nitrogens with one attached hydrogen (secondary N) is 3. The van der Waals surface area contributed by atoms with Crippen molar-refractivity contribution < 1.29 is 9.18 Å². The molecule has 0 saturated heterocycles. The first kappa shape index (κ1) is 20.7. The summed E-state index contributed by atoms with van der Waals surface area (Å²) < 4.78 is 13.1. The van der Waals surface area contributed by atoms with Gasteiger partial charge in [-0.2, -0.15) is 0 Å². The molecule has 0 saturated carbocycles. The second kappa shape index (κ2) is 11.2. The summed E-state index contributed by atoms with van der Waals surface area (Å²) in [6.45, 7) is 4.18. The smallest absolute Gasteiger partial charge is 0.224 e. The molecule has 0 aliphatic heterocycles. The summed E-state index contributed by atoms with van der Waals surface area (Å²) in [5, 5.41) is 9.81. The fourth-order valence-corrected chi connectivity index (χ4v) is 2.64. The number of carbonyl (C=O) groups excluding carboxylic acids is 1. The van der Waals surface area contributed by atoms with E-state index >= 15 is 0 Å². The summed E-state index contributed by atoms with van der Waals surface area (Å²) >= 11 is 5.98. The molecule has 0 atom stereocenters. The van der Waals surface area contributed by atoms with E-state index in [-0.39, 0.29) is 18.1 Å². The highest BCUT2D eigenvalue weighted by atomic mass is 35.5. The van der Waals surface area contributed by atoms with Gasteiger partial charge in [0.05, 0.1) is 13.0 Å². The summed E-state index contributed by atoms with van der Waals surface area (Å²) in [6, 6.07) is 13.6. The van der Waals surface area contributed by atoms with Gasteiger partial charge in [-0.15, -0.1) is 0 Å². The molecule has 0 aromatic heterocycles. The number of halogens is 2. The van der Waals surface area contributed by atoms with Gasteiger partial charge in [0.1, 0.15) is 5.82 Å². The van der Waals surface area contributed by atoms with Crippen LogP contribution in [0.15, 0.2) is 53.5 Å². The van der Waals surface area contributed by atoms with E-state index in [9.17, 15) is 9.18 Å². The molecule has 0 fully saturated rings. The SMILES string of the molecule is CCNC(=NCc1cccc(Cl)c1)NCCNC(=O)Cc1cccc(F)c1. The minimum Gasteiger partial charge on any atom is -0.357 e. The summed E-state index contributed by atoms with van der Waals surface area (Å²) in [5.74, 6) is 0.174. The van der Waals surface area contributed by atoms with E-state index in [0.29, 0.717) is 36.2 Å². The van der Waals surface area contributed by atoms with E-state index in [1.165, 1.54) is 12.1 Å². The predicted octanol–water partition coefficient (Wildman–Crippen LogP) is 2.89. The predicted molar refractivity (Wildman–Crippen MR) is 107 cm³/mol. The fourth-order valence-electron chi connectivity index (χ4n) is 2.43. The van der Waals surface area contributed by atoms with Crippen LogP contribution in [0.5, 0.6) is 0 Å². The van der Waals surface area contributed by atoms with E-state index in [2.05, 4.69) is 20.9 Å². The third kappa shape index (κ3) is 8.09. The molecule has 0 spiro atoms. The second-order valence-electron chi connectivity index (χ2n) is 5.91. The average molecular weight is 391 g/mol. The number of aliphatic imine (C=N–C) groups is 1. The number of nitrogens with zero attached hydrogens (tertiary/aromatic N) is 1. The van der Waals surface area contributed by atoms with Gasteiger partial charge in [-0.05, 0) is 42.3 Å². The molecule has 0 aliphatic rings. The van der Waals surface area contributed by atoms with Crippen LogP contribution in [0.2, 0.25) is 5.02 Å². The van der Waals surface area contributed by atoms with Gasteiger partial charge < -0.3 is 16.0 Å². The topological polar surface area (TPSA) is 65.5 Å². The van der Waals surface area contributed by atoms with Crippen molar-refractivity contribution in [1.82, 2.24) is 16.0 Å². The molecule has 2 aromatic carbocycles. The number of benzene rings is 2. The van der Waals surface area contributed by atoms with Crippen LogP contribution in [0.4, 0.5) is 4.39 Å². The average Bonchev–Trinajstić information content (AvgIpc) is 2.63. The molecule has 0 bridgehead atoms. The Morgan fingerprint density at radius 3 is 2.52 bits per heavy atom. The Hall–Kier alpha value is -2.60. The number of carbonyl (C=O) groups is 1. The Labute approximate surface area is 164 Å². The first-order valence-electron chi connectivity index (χ1n) is 8.84. The number of rotatable bonds is 8. The van der Waals surface area contributed by atoms with Crippen LogP contribution in [0.25, 0.3) is 0 Å². The normalized spacial score (nSPS) is 11.1. The molecule has 0 radical (unpaired) electrons. The van der Waals surface area contributed by atoms with Gasteiger partial charge in [-0.3, -0.25) is 4.79 Å². The lowest BCUT2D eigenvalue weighted by Gasteiger charge is -2.12. The molecule has 2 aromatic rings. The van der Waals surface area contributed by atoms with E-state index in [4.69, 9.17) is 11.6 Å². The fraction of sp³-hybridized carbons (Fsp3) is 0.300. The molecule has 27 heavy (non-hydrogen) atoms. The number of hydrogen-bond donors (Lipinski definition) is 3. The lowest BCUT2D eigenvalue weighted by molar-refractivity contribution is -0.120. The highest BCUT2D eigenvalue weighted by molar-refractivity contribution is 6.30. The Bertz CT molecular complexity index is 782. The lowest BCUT2D eigenvalue weighted by atomic mass is 10.1. The molecule has 0 heterocycles. The number of hydrogen-bond acceptors (Lipinski definition) is 2. The third-order valence-electron chi connectivity index (χ3n) is 3.65. The molecule has 0 aliphatic carbocycles. The van der Waals surface area contributed by atoms with Crippen LogP contribution in [0.3, 0.4) is 0 Å². The summed E-state index contributed by atoms with van der Waals surface area (Å²) in [5.41, 5.74) is 1.67. The molecule has 7 heteroatoms. The van der Waals surface area contributed by atoms with E-state index in [1.54, 1.807) is 12.1 Å². The minimum atomic E-state index is -0.340. The molecule has 0 unspecified atom stereocenters. The van der Waals surface area contributed by atoms with Gasteiger partial charge in [0.15, 0.2) is 5.96 Å². The van der Waals surface area contributed by atoms with Crippen molar-refractivity contribution in [3.05, 3.63) is 70.5 Å². The van der Waals surface area contributed by atoms with Crippen molar-refractivity contribution in [2.75, 3.05) is 19.6 Å². The quantitative estimate of drug-likeness (QED) is 0.369. The highest BCUT2D eigenvalue weighted by Gasteiger charge is 2.04. The zero-order valence-electron chi connectivity index (χ0n) is 15.3. The standard InChI is InChI=1S/C20H24ClFN4O/c1-2-23-20(26-14-16-6-3-7-17(21)11-16)25-10-9-24-19(27)13-15-5-4-8-18(22)12-15/h3-8,11-12H,2,9-10,13-14H2,1H3,(H,24,27)(H2,23,25,26). The van der Waals surface area contributed by atoms with E-state index in [0.717, 1.165) is 12.1 Å². The summed E-state index contributed by atoms with van der Waals surface area (Å²) in [4.78, 5) is 16.4. The van der Waals surface area contributed by atoms with Crippen molar-refractivity contribution in [3.63, 3.8) is 0 Å². The Kier molecular flexibility index (Phi) is 8.58. The van der Waals surface area contributed by atoms with Gasteiger partial charge in [-0.1, -0.05) is 35.9 Å². The summed E-state index contributed by atoms with van der Waals surface area (Å²) in [7, 11) is 0. The third-order valence-corrected chi connectivity index (χ3v) is 3.88. The first-order chi connectivity index (χ1) is 13.1. The van der Waals surface area contributed by atoms with Crippen molar-refractivity contribution in [2.24, 2.45) is 4.99 Å². The van der Waals surface area contributed by atoms with E-state index in [1.807, 2.05) is 31.2 Å². The van der Waals surface area contributed by atoms with Crippen LogP contribution in [0.1, 0.15) is 18.1 Å². The van der Waals surface area contributed by atoms with Crippen LogP contribution in [-0.2, 0) is 17.8 Å². The molecule has 5 nitrogen and oxygen atoms in total. The van der Waals surface area contributed by atoms with Gasteiger partial charge in [0, 0.05) is 24.7 Å². The number of amides is 1. The molecule has 144 valence electrons. The second-order valence-corrected chi connectivity index (χ2v) is 6.34. The maximum atomic E-state index is 13.1. The lowest BCUT2D eigenvalue weighted by Crippen LogP contribution is -2.41. The molecule has 1 amide bonds. The Morgan fingerprint density at radius 1 is 1.04 bits per heavy atom. The van der Waals surface area contributed by atoms with Gasteiger partial charge in [-0.25, -0.2) is 9.38 Å². The summed E-state index contributed by atoms with van der Waals surface area (Å²) in [6.07, 6.45) is 0.153. The zero-order chi connectivity index (χ0) is 19.5. The monoisotopic (exact) mass is 390 g/mol. The van der Waals surface area contributed by atoms with Crippen LogP contribution in [0, 0.1) is 5.82 Å². The number of guanidine groups is 1. The van der Waals surface area contributed by atoms with Crippen molar-refractivity contribution in [3.8, 4) is 0 Å². The Balaban J connectivity index is 1.75. The maximum Gasteiger partial charge on any atom is 0.224 e. The largest absolute Gasteiger partial charge is 0.357 e. The molecule has 3 N–H and O–H groups in total. The van der Waals surface area contributed by atoms with Crippen molar-refractivity contribution in [1.29, 1.82) is 0 Å². The zero-order valence-corrected chi connectivity index (χ0v) is 16.0. The maximum absolute atomic E-state index is 13.1. The van der Waals surface area contributed by atoms with Crippen LogP contribution in [-0.4, -0.2) is 31.5 Å². The van der Waals surface area contributed by atoms with Crippen molar-refractivity contribution >= 4 is 23.5 Å².